The topological polar surface area (TPSA) is 26.0 Å². The zero-order chi connectivity index (χ0) is 9.42. The molecule has 0 radical (unpaired) electrons. The molecule has 1 aromatic carbocycles. The summed E-state index contributed by atoms with van der Waals surface area (Å²) in [6.45, 7) is 2.15. The lowest BCUT2D eigenvalue weighted by Crippen LogP contribution is -2.19. The summed E-state index contributed by atoms with van der Waals surface area (Å²) in [6, 6.07) is 4.53. The lowest BCUT2D eigenvalue weighted by molar-refractivity contribution is 0.566. The van der Waals surface area contributed by atoms with Gasteiger partial charge in [-0.2, -0.15) is 0 Å². The molecule has 1 aromatic rings. The Hall–Kier alpha value is -0.340. The van der Waals surface area contributed by atoms with Gasteiger partial charge in [0, 0.05) is 10.5 Å². The van der Waals surface area contributed by atoms with Crippen LogP contribution in [-0.2, 0) is 6.42 Å². The molecule has 0 aromatic heterocycles. The van der Waals surface area contributed by atoms with E-state index in [2.05, 4.69) is 35.0 Å². The third-order valence-electron chi connectivity index (χ3n) is 2.83. The van der Waals surface area contributed by atoms with Crippen molar-refractivity contribution in [3.05, 3.63) is 33.3 Å². The van der Waals surface area contributed by atoms with Crippen molar-refractivity contribution < 1.29 is 0 Å². The van der Waals surface area contributed by atoms with E-state index in [0.717, 1.165) is 6.42 Å². The quantitative estimate of drug-likeness (QED) is 0.740. The van der Waals surface area contributed by atoms with Gasteiger partial charge < -0.3 is 5.73 Å². The fourth-order valence-corrected chi connectivity index (χ4v) is 2.71. The van der Waals surface area contributed by atoms with Crippen molar-refractivity contribution >= 4 is 15.9 Å². The maximum Gasteiger partial charge on any atom is 0.0300 e. The zero-order valence-corrected chi connectivity index (χ0v) is 9.39. The van der Waals surface area contributed by atoms with Crippen LogP contribution in [0.4, 0.5) is 0 Å². The van der Waals surface area contributed by atoms with Crippen molar-refractivity contribution in [3.8, 4) is 0 Å². The molecule has 0 amide bonds. The van der Waals surface area contributed by atoms with E-state index < -0.39 is 0 Å². The predicted octanol–water partition coefficient (Wildman–Crippen LogP) is 3.09. The van der Waals surface area contributed by atoms with Crippen LogP contribution >= 0.6 is 15.9 Å². The van der Waals surface area contributed by atoms with Crippen LogP contribution in [0.5, 0.6) is 0 Å². The van der Waals surface area contributed by atoms with Crippen molar-refractivity contribution in [2.24, 2.45) is 5.73 Å². The molecule has 0 heterocycles. The van der Waals surface area contributed by atoms with Gasteiger partial charge in [0.15, 0.2) is 0 Å². The Bertz CT molecular complexity index is 333. The standard InChI is InChI=1S/C11H14BrN/c1-7-5-6-9(12)8-3-2-4-10(13)11(7)8/h5-6,10H,2-4,13H2,1H3/t10-/m0/s1. The summed E-state index contributed by atoms with van der Waals surface area (Å²) in [4.78, 5) is 0. The first kappa shape index (κ1) is 9.22. The van der Waals surface area contributed by atoms with E-state index in [0.29, 0.717) is 0 Å². The van der Waals surface area contributed by atoms with Gasteiger partial charge in [0.05, 0.1) is 0 Å². The SMILES string of the molecule is Cc1ccc(Br)c2c1[C@@H](N)CCC2. The highest BCUT2D eigenvalue weighted by Crippen LogP contribution is 2.34. The molecule has 0 bridgehead atoms. The van der Waals surface area contributed by atoms with E-state index >= 15 is 0 Å². The first-order chi connectivity index (χ1) is 6.20. The van der Waals surface area contributed by atoms with Crippen molar-refractivity contribution in [2.75, 3.05) is 0 Å². The van der Waals surface area contributed by atoms with Gasteiger partial charge in [0.25, 0.3) is 0 Å². The van der Waals surface area contributed by atoms with Gasteiger partial charge in [-0.3, -0.25) is 0 Å². The maximum absolute atomic E-state index is 6.10. The summed E-state index contributed by atoms with van der Waals surface area (Å²) < 4.78 is 1.23. The van der Waals surface area contributed by atoms with E-state index in [1.807, 2.05) is 0 Å². The van der Waals surface area contributed by atoms with Crippen LogP contribution in [0.3, 0.4) is 0 Å². The van der Waals surface area contributed by atoms with Gasteiger partial charge in [0.1, 0.15) is 0 Å². The number of rotatable bonds is 0. The minimum absolute atomic E-state index is 0.251. The van der Waals surface area contributed by atoms with Gasteiger partial charge in [0.2, 0.25) is 0 Å². The van der Waals surface area contributed by atoms with Crippen molar-refractivity contribution in [1.82, 2.24) is 0 Å². The molecule has 13 heavy (non-hydrogen) atoms. The molecule has 0 unspecified atom stereocenters. The Morgan fingerprint density at radius 3 is 2.92 bits per heavy atom. The molecule has 1 atom stereocenters. The molecular formula is C11H14BrN. The molecule has 0 fully saturated rings. The molecule has 2 N–H and O–H groups in total. The van der Waals surface area contributed by atoms with E-state index in [1.165, 1.54) is 34.0 Å². The van der Waals surface area contributed by atoms with Crippen LogP contribution in [0, 0.1) is 6.92 Å². The molecular weight excluding hydrogens is 226 g/mol. The normalized spacial score (nSPS) is 21.3. The smallest absolute Gasteiger partial charge is 0.0300 e. The maximum atomic E-state index is 6.10. The second-order valence-electron chi connectivity index (χ2n) is 3.76. The zero-order valence-electron chi connectivity index (χ0n) is 7.81. The third-order valence-corrected chi connectivity index (χ3v) is 3.57. The van der Waals surface area contributed by atoms with Gasteiger partial charge in [-0.25, -0.2) is 0 Å². The van der Waals surface area contributed by atoms with Crippen LogP contribution < -0.4 is 5.73 Å². The summed E-state index contributed by atoms with van der Waals surface area (Å²) in [5.41, 5.74) is 10.2. The van der Waals surface area contributed by atoms with E-state index in [4.69, 9.17) is 5.73 Å². The van der Waals surface area contributed by atoms with Crippen LogP contribution in [-0.4, -0.2) is 0 Å². The molecule has 2 rings (SSSR count). The Labute approximate surface area is 87.5 Å². The molecule has 0 saturated carbocycles. The number of halogens is 1. The third kappa shape index (κ3) is 1.53. The van der Waals surface area contributed by atoms with Crippen molar-refractivity contribution in [3.63, 3.8) is 0 Å². The Morgan fingerprint density at radius 1 is 1.46 bits per heavy atom. The minimum atomic E-state index is 0.251. The van der Waals surface area contributed by atoms with Crippen LogP contribution in [0.15, 0.2) is 16.6 Å². The first-order valence-electron chi connectivity index (χ1n) is 4.73. The molecule has 1 nitrogen and oxygen atoms in total. The van der Waals surface area contributed by atoms with Crippen molar-refractivity contribution in [2.45, 2.75) is 32.2 Å². The second kappa shape index (κ2) is 3.43. The average molecular weight is 240 g/mol. The lowest BCUT2D eigenvalue weighted by Gasteiger charge is -2.25. The van der Waals surface area contributed by atoms with Gasteiger partial charge >= 0.3 is 0 Å². The number of benzene rings is 1. The van der Waals surface area contributed by atoms with Gasteiger partial charge in [-0.1, -0.05) is 22.0 Å². The lowest BCUT2D eigenvalue weighted by atomic mass is 9.85. The summed E-state index contributed by atoms with van der Waals surface area (Å²) in [5.74, 6) is 0. The fourth-order valence-electron chi connectivity index (χ4n) is 2.17. The first-order valence-corrected chi connectivity index (χ1v) is 5.53. The highest BCUT2D eigenvalue weighted by molar-refractivity contribution is 9.10. The average Bonchev–Trinajstić information content (AvgIpc) is 2.12. The Kier molecular flexibility index (Phi) is 2.43. The number of hydrogen-bond donors (Lipinski definition) is 1. The second-order valence-corrected chi connectivity index (χ2v) is 4.61. The highest BCUT2D eigenvalue weighted by atomic mass is 79.9. The van der Waals surface area contributed by atoms with E-state index in [-0.39, 0.29) is 6.04 Å². The molecule has 1 aliphatic carbocycles. The minimum Gasteiger partial charge on any atom is -0.324 e. The number of fused-ring (bicyclic) bond motifs is 1. The van der Waals surface area contributed by atoms with Crippen molar-refractivity contribution in [1.29, 1.82) is 0 Å². The highest BCUT2D eigenvalue weighted by Gasteiger charge is 2.20. The molecule has 0 aliphatic heterocycles. The van der Waals surface area contributed by atoms with E-state index in [9.17, 15) is 0 Å². The van der Waals surface area contributed by atoms with Crippen LogP contribution in [0.25, 0.3) is 0 Å². The van der Waals surface area contributed by atoms with Gasteiger partial charge in [-0.15, -0.1) is 0 Å². The summed E-state index contributed by atoms with van der Waals surface area (Å²) in [7, 11) is 0. The molecule has 0 saturated heterocycles. The molecule has 1 aliphatic rings. The predicted molar refractivity (Wildman–Crippen MR) is 58.7 cm³/mol. The van der Waals surface area contributed by atoms with Crippen LogP contribution in [0.1, 0.15) is 35.6 Å². The summed E-state index contributed by atoms with van der Waals surface area (Å²) in [6.07, 6.45) is 3.52. The molecule has 0 spiro atoms. The van der Waals surface area contributed by atoms with Gasteiger partial charge in [-0.05, 0) is 48.9 Å². The Balaban J connectivity index is 2.60. The number of hydrogen-bond acceptors (Lipinski definition) is 1. The monoisotopic (exact) mass is 239 g/mol. The largest absolute Gasteiger partial charge is 0.324 e. The summed E-state index contributed by atoms with van der Waals surface area (Å²) in [5, 5.41) is 0. The molecule has 2 heteroatoms. The fraction of sp³-hybridized carbons (Fsp3) is 0.455. The van der Waals surface area contributed by atoms with Crippen LogP contribution in [0.2, 0.25) is 0 Å². The number of aryl methyl sites for hydroxylation is 1. The summed E-state index contributed by atoms with van der Waals surface area (Å²) >= 11 is 3.59. The number of nitrogens with two attached hydrogens (primary N) is 1. The van der Waals surface area contributed by atoms with E-state index in [1.54, 1.807) is 0 Å². The Morgan fingerprint density at radius 2 is 2.23 bits per heavy atom. The molecule has 70 valence electrons.